The van der Waals surface area contributed by atoms with Gasteiger partial charge in [0, 0.05) is 16.7 Å². The molecule has 0 unspecified atom stereocenters. The van der Waals surface area contributed by atoms with Crippen LogP contribution >= 0.6 is 0 Å². The normalized spacial score (nSPS) is 16.3. The molecule has 2 nitrogen and oxygen atoms in total. The second-order valence-corrected chi connectivity index (χ2v) is 7.73. The highest BCUT2D eigenvalue weighted by molar-refractivity contribution is 5.73. The summed E-state index contributed by atoms with van der Waals surface area (Å²) in [5.41, 5.74) is 6.30. The summed E-state index contributed by atoms with van der Waals surface area (Å²) in [5, 5.41) is 10.1. The van der Waals surface area contributed by atoms with Crippen LogP contribution < -0.4 is 0 Å². The summed E-state index contributed by atoms with van der Waals surface area (Å²) < 4.78 is 13.4. The van der Waals surface area contributed by atoms with Crippen molar-refractivity contribution < 1.29 is 9.50 Å². The second-order valence-electron chi connectivity index (χ2n) is 7.73. The summed E-state index contributed by atoms with van der Waals surface area (Å²) in [6.07, 6.45) is 3.19. The van der Waals surface area contributed by atoms with Gasteiger partial charge in [0.25, 0.3) is 0 Å². The number of aromatic nitrogens is 1. The first-order valence-corrected chi connectivity index (χ1v) is 8.78. The molecule has 0 spiro atoms. The van der Waals surface area contributed by atoms with E-state index < -0.39 is 0 Å². The topological polar surface area (TPSA) is 33.1 Å². The highest BCUT2D eigenvalue weighted by atomic mass is 19.1. The molecule has 1 aromatic carbocycles. The van der Waals surface area contributed by atoms with Gasteiger partial charge in [-0.1, -0.05) is 39.8 Å². The van der Waals surface area contributed by atoms with E-state index in [1.54, 1.807) is 0 Å². The Bertz CT molecular complexity index is 747. The molecule has 1 aliphatic rings. The Balaban J connectivity index is 2.36. The van der Waals surface area contributed by atoms with Crippen LogP contribution in [0.25, 0.3) is 11.1 Å². The molecular formula is C21H26FNO. The maximum absolute atomic E-state index is 13.4. The molecule has 3 heteroatoms. The molecule has 1 N–H and O–H groups in total. The molecule has 0 atom stereocenters. The number of hydrogen-bond donors (Lipinski definition) is 1. The van der Waals surface area contributed by atoms with Crippen molar-refractivity contribution in [1.82, 2.24) is 4.98 Å². The van der Waals surface area contributed by atoms with E-state index in [0.29, 0.717) is 0 Å². The van der Waals surface area contributed by atoms with E-state index in [-0.39, 0.29) is 23.8 Å². The standard InChI is InChI=1S/C21H26FNO/c1-13(2)19-17(12-24)18(14-7-9-15(22)10-8-14)16-6-5-11-21(3,4)20(16)23-19/h7-10,13,24H,5-6,11-12H2,1-4H3. The Morgan fingerprint density at radius 3 is 2.46 bits per heavy atom. The van der Waals surface area contributed by atoms with Crippen LogP contribution in [0.15, 0.2) is 24.3 Å². The van der Waals surface area contributed by atoms with Gasteiger partial charge in [-0.05, 0) is 54.0 Å². The lowest BCUT2D eigenvalue weighted by molar-refractivity contribution is 0.279. The molecule has 2 aromatic rings. The Hall–Kier alpha value is -1.74. The van der Waals surface area contributed by atoms with Crippen LogP contribution in [0.2, 0.25) is 0 Å². The number of rotatable bonds is 3. The summed E-state index contributed by atoms with van der Waals surface area (Å²) in [4.78, 5) is 5.01. The van der Waals surface area contributed by atoms with Gasteiger partial charge in [0.2, 0.25) is 0 Å². The lowest BCUT2D eigenvalue weighted by Crippen LogP contribution is -2.28. The minimum atomic E-state index is -0.239. The molecule has 1 aromatic heterocycles. The van der Waals surface area contributed by atoms with Gasteiger partial charge in [-0.3, -0.25) is 4.98 Å². The number of hydrogen-bond acceptors (Lipinski definition) is 2. The summed E-state index contributed by atoms with van der Waals surface area (Å²) in [6.45, 7) is 8.67. The zero-order valence-corrected chi connectivity index (χ0v) is 15.0. The van der Waals surface area contributed by atoms with Gasteiger partial charge in [-0.2, -0.15) is 0 Å². The number of pyridine rings is 1. The average Bonchev–Trinajstić information content (AvgIpc) is 2.54. The van der Waals surface area contributed by atoms with Gasteiger partial charge in [-0.15, -0.1) is 0 Å². The molecule has 24 heavy (non-hydrogen) atoms. The van der Waals surface area contributed by atoms with E-state index in [1.165, 1.54) is 17.7 Å². The van der Waals surface area contributed by atoms with Crippen LogP contribution in [0.3, 0.4) is 0 Å². The number of halogens is 1. The van der Waals surface area contributed by atoms with Crippen molar-refractivity contribution in [3.05, 3.63) is 52.6 Å². The predicted molar refractivity (Wildman–Crippen MR) is 95.6 cm³/mol. The molecule has 1 heterocycles. The molecule has 3 rings (SSSR count). The quantitative estimate of drug-likeness (QED) is 0.849. The van der Waals surface area contributed by atoms with Crippen molar-refractivity contribution in [2.75, 3.05) is 0 Å². The summed E-state index contributed by atoms with van der Waals surface area (Å²) >= 11 is 0. The fourth-order valence-electron chi connectivity index (χ4n) is 3.92. The van der Waals surface area contributed by atoms with Crippen LogP contribution in [0.1, 0.15) is 69.0 Å². The maximum Gasteiger partial charge on any atom is 0.123 e. The van der Waals surface area contributed by atoms with Gasteiger partial charge in [0.05, 0.1) is 12.3 Å². The highest BCUT2D eigenvalue weighted by Crippen LogP contribution is 2.43. The molecule has 0 amide bonds. The zero-order chi connectivity index (χ0) is 17.5. The van der Waals surface area contributed by atoms with Crippen molar-refractivity contribution >= 4 is 0 Å². The largest absolute Gasteiger partial charge is 0.392 e. The number of benzene rings is 1. The molecule has 0 saturated heterocycles. The third-order valence-electron chi connectivity index (χ3n) is 5.14. The lowest BCUT2D eigenvalue weighted by Gasteiger charge is -2.35. The maximum atomic E-state index is 13.4. The summed E-state index contributed by atoms with van der Waals surface area (Å²) in [5.74, 6) is -0.00832. The van der Waals surface area contributed by atoms with Crippen molar-refractivity contribution in [2.24, 2.45) is 0 Å². The second kappa shape index (κ2) is 6.29. The Morgan fingerprint density at radius 1 is 1.21 bits per heavy atom. The van der Waals surface area contributed by atoms with E-state index in [0.717, 1.165) is 47.3 Å². The van der Waals surface area contributed by atoms with Crippen LogP contribution in [0.5, 0.6) is 0 Å². The van der Waals surface area contributed by atoms with Gasteiger partial charge in [-0.25, -0.2) is 4.39 Å². The van der Waals surface area contributed by atoms with Crippen LogP contribution in [0, 0.1) is 5.82 Å². The fourth-order valence-corrected chi connectivity index (χ4v) is 3.92. The van der Waals surface area contributed by atoms with E-state index in [9.17, 15) is 9.50 Å². The number of fused-ring (bicyclic) bond motifs is 1. The number of aliphatic hydroxyl groups is 1. The smallest absolute Gasteiger partial charge is 0.123 e. The van der Waals surface area contributed by atoms with Gasteiger partial charge < -0.3 is 5.11 Å². The van der Waals surface area contributed by atoms with Crippen molar-refractivity contribution in [2.45, 2.75) is 64.9 Å². The third-order valence-corrected chi connectivity index (χ3v) is 5.14. The SMILES string of the molecule is CC(C)c1nc2c(c(-c3ccc(F)cc3)c1CO)CCCC2(C)C. The molecule has 0 fully saturated rings. The van der Waals surface area contributed by atoms with Crippen LogP contribution in [-0.2, 0) is 18.4 Å². The summed E-state index contributed by atoms with van der Waals surface area (Å²) in [7, 11) is 0. The predicted octanol–water partition coefficient (Wildman–Crippen LogP) is 5.12. The Labute approximate surface area is 143 Å². The number of aliphatic hydroxyl groups excluding tert-OH is 1. The molecule has 0 aliphatic heterocycles. The first kappa shape index (κ1) is 17.1. The summed E-state index contributed by atoms with van der Waals surface area (Å²) in [6, 6.07) is 6.62. The van der Waals surface area contributed by atoms with Crippen molar-refractivity contribution in [1.29, 1.82) is 0 Å². The molecule has 1 aliphatic carbocycles. The molecule has 0 saturated carbocycles. The molecule has 0 radical (unpaired) electrons. The van der Waals surface area contributed by atoms with Crippen molar-refractivity contribution in [3.63, 3.8) is 0 Å². The molecular weight excluding hydrogens is 301 g/mol. The van der Waals surface area contributed by atoms with E-state index in [2.05, 4.69) is 27.7 Å². The lowest BCUT2D eigenvalue weighted by atomic mass is 9.72. The minimum Gasteiger partial charge on any atom is -0.392 e. The number of nitrogens with zero attached hydrogens (tertiary/aromatic N) is 1. The third kappa shape index (κ3) is 2.86. The van der Waals surface area contributed by atoms with Crippen LogP contribution in [0.4, 0.5) is 4.39 Å². The monoisotopic (exact) mass is 327 g/mol. The van der Waals surface area contributed by atoms with Crippen LogP contribution in [-0.4, -0.2) is 10.1 Å². The first-order chi connectivity index (χ1) is 11.3. The molecule has 128 valence electrons. The minimum absolute atomic E-state index is 0.0278. The van der Waals surface area contributed by atoms with Gasteiger partial charge in [0.1, 0.15) is 5.82 Å². The van der Waals surface area contributed by atoms with E-state index >= 15 is 0 Å². The van der Waals surface area contributed by atoms with Gasteiger partial charge in [0.15, 0.2) is 0 Å². The Morgan fingerprint density at radius 2 is 1.88 bits per heavy atom. The average molecular weight is 327 g/mol. The zero-order valence-electron chi connectivity index (χ0n) is 15.0. The van der Waals surface area contributed by atoms with Crippen molar-refractivity contribution in [3.8, 4) is 11.1 Å². The Kier molecular flexibility index (Phi) is 4.48. The van der Waals surface area contributed by atoms with E-state index in [4.69, 9.17) is 4.98 Å². The first-order valence-electron chi connectivity index (χ1n) is 8.78. The van der Waals surface area contributed by atoms with E-state index in [1.807, 2.05) is 12.1 Å². The van der Waals surface area contributed by atoms with Gasteiger partial charge >= 0.3 is 0 Å². The molecule has 0 bridgehead atoms. The highest BCUT2D eigenvalue weighted by Gasteiger charge is 2.33. The fraction of sp³-hybridized carbons (Fsp3) is 0.476.